The molecule has 15 heavy (non-hydrogen) atoms. The lowest BCUT2D eigenvalue weighted by Crippen LogP contribution is -2.18. The van der Waals surface area contributed by atoms with Crippen LogP contribution in [0.1, 0.15) is 50.8 Å². The third-order valence-electron chi connectivity index (χ3n) is 3.70. The van der Waals surface area contributed by atoms with Crippen LogP contribution in [0, 0.1) is 5.92 Å². The second kappa shape index (κ2) is 4.79. The van der Waals surface area contributed by atoms with E-state index in [1.807, 2.05) is 6.33 Å². The molecule has 0 unspecified atom stereocenters. The molecule has 2 rings (SSSR count). The van der Waals surface area contributed by atoms with Crippen LogP contribution in [0.3, 0.4) is 0 Å². The van der Waals surface area contributed by atoms with Gasteiger partial charge in [0.1, 0.15) is 0 Å². The fourth-order valence-electron chi connectivity index (χ4n) is 2.61. The predicted octanol–water partition coefficient (Wildman–Crippen LogP) is 2.52. The average Bonchev–Trinajstić information content (AvgIpc) is 2.77. The second-order valence-electron chi connectivity index (χ2n) is 4.53. The second-order valence-corrected chi connectivity index (χ2v) is 4.53. The van der Waals surface area contributed by atoms with E-state index in [0.29, 0.717) is 6.04 Å². The molecule has 1 aliphatic rings. The standard InChI is InChI=1S/C12H20N2O/c1-2-10-3-5-11(6-4-10)14-9-13-7-12(14)8-15/h7,9-11,15H,2-6,8H2,1H3. The van der Waals surface area contributed by atoms with Gasteiger partial charge in [0.2, 0.25) is 0 Å². The smallest absolute Gasteiger partial charge is 0.0951 e. The van der Waals surface area contributed by atoms with Gasteiger partial charge in [-0.1, -0.05) is 13.3 Å². The zero-order valence-corrected chi connectivity index (χ0v) is 9.39. The number of aliphatic hydroxyl groups is 1. The highest BCUT2D eigenvalue weighted by Gasteiger charge is 2.22. The van der Waals surface area contributed by atoms with E-state index < -0.39 is 0 Å². The fourth-order valence-corrected chi connectivity index (χ4v) is 2.61. The maximum absolute atomic E-state index is 9.18. The quantitative estimate of drug-likeness (QED) is 0.828. The number of nitrogens with zero attached hydrogens (tertiary/aromatic N) is 2. The van der Waals surface area contributed by atoms with Gasteiger partial charge in [0, 0.05) is 6.04 Å². The van der Waals surface area contributed by atoms with Crippen molar-refractivity contribution in [2.45, 2.75) is 51.7 Å². The average molecular weight is 208 g/mol. The number of aliphatic hydroxyl groups excluding tert-OH is 1. The summed E-state index contributed by atoms with van der Waals surface area (Å²) in [4.78, 5) is 4.11. The Morgan fingerprint density at radius 1 is 1.40 bits per heavy atom. The molecule has 1 aromatic rings. The Kier molecular flexibility index (Phi) is 3.41. The molecule has 1 N–H and O–H groups in total. The molecule has 1 saturated carbocycles. The molecule has 0 radical (unpaired) electrons. The normalized spacial score (nSPS) is 26.8. The summed E-state index contributed by atoms with van der Waals surface area (Å²) >= 11 is 0. The molecule has 0 bridgehead atoms. The summed E-state index contributed by atoms with van der Waals surface area (Å²) < 4.78 is 2.16. The van der Waals surface area contributed by atoms with E-state index in [9.17, 15) is 5.11 Å². The molecule has 0 amide bonds. The molecular formula is C12H20N2O. The van der Waals surface area contributed by atoms with Gasteiger partial charge in [0.05, 0.1) is 24.8 Å². The van der Waals surface area contributed by atoms with Crippen LogP contribution in [0.2, 0.25) is 0 Å². The van der Waals surface area contributed by atoms with E-state index in [2.05, 4.69) is 16.5 Å². The van der Waals surface area contributed by atoms with Crippen molar-refractivity contribution in [1.82, 2.24) is 9.55 Å². The van der Waals surface area contributed by atoms with Crippen LogP contribution < -0.4 is 0 Å². The van der Waals surface area contributed by atoms with E-state index in [1.54, 1.807) is 6.20 Å². The van der Waals surface area contributed by atoms with Gasteiger partial charge in [-0.25, -0.2) is 4.98 Å². The summed E-state index contributed by atoms with van der Waals surface area (Å²) in [5, 5.41) is 9.18. The van der Waals surface area contributed by atoms with Crippen LogP contribution in [0.15, 0.2) is 12.5 Å². The van der Waals surface area contributed by atoms with Crippen LogP contribution in [-0.4, -0.2) is 14.7 Å². The Balaban J connectivity index is 2.01. The van der Waals surface area contributed by atoms with Crippen molar-refractivity contribution >= 4 is 0 Å². The minimum Gasteiger partial charge on any atom is -0.390 e. The molecule has 1 aliphatic carbocycles. The highest BCUT2D eigenvalue weighted by Crippen LogP contribution is 2.34. The Morgan fingerprint density at radius 2 is 2.13 bits per heavy atom. The SMILES string of the molecule is CCC1CCC(n2cncc2CO)CC1. The van der Waals surface area contributed by atoms with Crippen molar-refractivity contribution in [2.24, 2.45) is 5.92 Å². The van der Waals surface area contributed by atoms with Gasteiger partial charge in [-0.3, -0.25) is 0 Å². The zero-order chi connectivity index (χ0) is 10.7. The van der Waals surface area contributed by atoms with Gasteiger partial charge in [-0.2, -0.15) is 0 Å². The van der Waals surface area contributed by atoms with E-state index in [0.717, 1.165) is 11.6 Å². The van der Waals surface area contributed by atoms with Crippen LogP contribution in [0.4, 0.5) is 0 Å². The van der Waals surface area contributed by atoms with Gasteiger partial charge in [0.25, 0.3) is 0 Å². The van der Waals surface area contributed by atoms with Gasteiger partial charge < -0.3 is 9.67 Å². The van der Waals surface area contributed by atoms with Gasteiger partial charge in [0.15, 0.2) is 0 Å². The number of imidazole rings is 1. The predicted molar refractivity (Wildman–Crippen MR) is 59.4 cm³/mol. The topological polar surface area (TPSA) is 38.0 Å². The highest BCUT2D eigenvalue weighted by atomic mass is 16.3. The molecule has 3 heteroatoms. The molecule has 0 aliphatic heterocycles. The molecule has 0 aromatic carbocycles. The third kappa shape index (κ3) is 2.23. The number of hydrogen-bond donors (Lipinski definition) is 1. The molecule has 1 fully saturated rings. The van der Waals surface area contributed by atoms with E-state index in [-0.39, 0.29) is 6.61 Å². The molecule has 1 heterocycles. The van der Waals surface area contributed by atoms with E-state index >= 15 is 0 Å². The van der Waals surface area contributed by atoms with Crippen LogP contribution >= 0.6 is 0 Å². The summed E-state index contributed by atoms with van der Waals surface area (Å²) in [6, 6.07) is 0.567. The Morgan fingerprint density at radius 3 is 2.73 bits per heavy atom. The Hall–Kier alpha value is -0.830. The summed E-state index contributed by atoms with van der Waals surface area (Å²) in [6.45, 7) is 2.38. The van der Waals surface area contributed by atoms with Gasteiger partial charge in [-0.05, 0) is 31.6 Å². The first-order valence-electron chi connectivity index (χ1n) is 5.96. The summed E-state index contributed by atoms with van der Waals surface area (Å²) in [7, 11) is 0. The van der Waals surface area contributed by atoms with Crippen LogP contribution in [-0.2, 0) is 6.61 Å². The van der Waals surface area contributed by atoms with Crippen LogP contribution in [0.5, 0.6) is 0 Å². The highest BCUT2D eigenvalue weighted by molar-refractivity contribution is 4.99. The van der Waals surface area contributed by atoms with Crippen molar-refractivity contribution in [3.63, 3.8) is 0 Å². The molecule has 1 aromatic heterocycles. The molecule has 84 valence electrons. The first kappa shape index (κ1) is 10.7. The van der Waals surface area contributed by atoms with Crippen molar-refractivity contribution < 1.29 is 5.11 Å². The Bertz CT molecular complexity index is 300. The summed E-state index contributed by atoms with van der Waals surface area (Å²) in [5.74, 6) is 0.919. The van der Waals surface area contributed by atoms with Crippen molar-refractivity contribution in [1.29, 1.82) is 0 Å². The monoisotopic (exact) mass is 208 g/mol. The minimum atomic E-state index is 0.105. The number of hydrogen-bond acceptors (Lipinski definition) is 2. The number of rotatable bonds is 3. The van der Waals surface area contributed by atoms with Gasteiger partial charge >= 0.3 is 0 Å². The zero-order valence-electron chi connectivity index (χ0n) is 9.39. The lowest BCUT2D eigenvalue weighted by molar-refractivity contribution is 0.237. The molecule has 3 nitrogen and oxygen atoms in total. The van der Waals surface area contributed by atoms with Crippen molar-refractivity contribution in [3.8, 4) is 0 Å². The lowest BCUT2D eigenvalue weighted by Gasteiger charge is -2.29. The fraction of sp³-hybridized carbons (Fsp3) is 0.750. The molecule has 0 spiro atoms. The van der Waals surface area contributed by atoms with E-state index in [1.165, 1.54) is 32.1 Å². The molecular weight excluding hydrogens is 188 g/mol. The summed E-state index contributed by atoms with van der Waals surface area (Å²) in [5.41, 5.74) is 0.954. The number of aromatic nitrogens is 2. The van der Waals surface area contributed by atoms with Gasteiger partial charge in [-0.15, -0.1) is 0 Å². The largest absolute Gasteiger partial charge is 0.390 e. The first-order valence-corrected chi connectivity index (χ1v) is 5.96. The third-order valence-corrected chi connectivity index (χ3v) is 3.70. The molecule has 0 atom stereocenters. The maximum atomic E-state index is 9.18. The first-order chi connectivity index (χ1) is 7.35. The Labute approximate surface area is 91.1 Å². The summed E-state index contributed by atoms with van der Waals surface area (Å²) in [6.07, 6.45) is 10.1. The van der Waals surface area contributed by atoms with Crippen LogP contribution in [0.25, 0.3) is 0 Å². The van der Waals surface area contributed by atoms with Crippen molar-refractivity contribution in [2.75, 3.05) is 0 Å². The van der Waals surface area contributed by atoms with E-state index in [4.69, 9.17) is 0 Å². The van der Waals surface area contributed by atoms with Crippen molar-refractivity contribution in [3.05, 3.63) is 18.2 Å². The molecule has 0 saturated heterocycles. The minimum absolute atomic E-state index is 0.105. The lowest BCUT2D eigenvalue weighted by atomic mass is 9.84. The maximum Gasteiger partial charge on any atom is 0.0951 e.